The van der Waals surface area contributed by atoms with Gasteiger partial charge in [-0.25, -0.2) is 0 Å². The fourth-order valence-corrected chi connectivity index (χ4v) is 5.51. The Morgan fingerprint density at radius 3 is 2.75 bits per heavy atom. The Morgan fingerprint density at radius 2 is 1.94 bits per heavy atom. The molecule has 2 amide bonds. The molecule has 2 atom stereocenters. The van der Waals surface area contributed by atoms with Crippen molar-refractivity contribution in [3.8, 4) is 5.75 Å². The second-order valence-corrected chi connectivity index (χ2v) is 9.60. The number of carbonyl (C=O) groups excluding carboxylic acids is 2. The first-order valence-corrected chi connectivity index (χ1v) is 11.7. The summed E-state index contributed by atoms with van der Waals surface area (Å²) in [6.07, 6.45) is 2.90. The van der Waals surface area contributed by atoms with Crippen molar-refractivity contribution in [1.29, 1.82) is 0 Å². The van der Waals surface area contributed by atoms with Gasteiger partial charge in [-0.2, -0.15) is 0 Å². The number of rotatable bonds is 4. The van der Waals surface area contributed by atoms with Crippen LogP contribution in [0.25, 0.3) is 0 Å². The molecule has 3 aliphatic heterocycles. The maximum atomic E-state index is 13.5. The molecule has 2 aromatic rings. The molecule has 3 aliphatic rings. The molecule has 0 aromatic heterocycles. The zero-order valence-corrected chi connectivity index (χ0v) is 18.9. The monoisotopic (exact) mass is 453 g/mol. The Morgan fingerprint density at radius 1 is 1.12 bits per heavy atom. The zero-order valence-electron chi connectivity index (χ0n) is 18.2. The van der Waals surface area contributed by atoms with Gasteiger partial charge >= 0.3 is 0 Å². The first kappa shape index (κ1) is 21.3. The molecular formula is C25H28ClN3O3. The number of amides is 2. The van der Waals surface area contributed by atoms with E-state index in [1.807, 2.05) is 31.2 Å². The van der Waals surface area contributed by atoms with Crippen molar-refractivity contribution < 1.29 is 14.3 Å². The summed E-state index contributed by atoms with van der Waals surface area (Å²) in [6, 6.07) is 11.0. The summed E-state index contributed by atoms with van der Waals surface area (Å²) in [7, 11) is 0. The lowest BCUT2D eigenvalue weighted by molar-refractivity contribution is -0.130. The number of hydrogen-bond acceptors (Lipinski definition) is 4. The van der Waals surface area contributed by atoms with Crippen LogP contribution in [0.3, 0.4) is 0 Å². The van der Waals surface area contributed by atoms with Gasteiger partial charge in [0.1, 0.15) is 11.2 Å². The van der Waals surface area contributed by atoms with Gasteiger partial charge in [-0.15, -0.1) is 0 Å². The van der Waals surface area contributed by atoms with Crippen molar-refractivity contribution >= 4 is 29.1 Å². The number of nitrogens with one attached hydrogen (secondary N) is 3. The lowest BCUT2D eigenvalue weighted by Gasteiger charge is -2.41. The van der Waals surface area contributed by atoms with E-state index in [1.165, 1.54) is 0 Å². The summed E-state index contributed by atoms with van der Waals surface area (Å²) in [6.45, 7) is 4.66. The predicted molar refractivity (Wildman–Crippen MR) is 124 cm³/mol. The fraction of sp³-hybridized carbons (Fsp3) is 0.440. The molecule has 6 nitrogen and oxygen atoms in total. The van der Waals surface area contributed by atoms with Gasteiger partial charge in [-0.3, -0.25) is 9.59 Å². The van der Waals surface area contributed by atoms with Crippen molar-refractivity contribution in [3.05, 3.63) is 58.1 Å². The number of carbonyl (C=O) groups is 2. The number of ether oxygens (including phenoxy) is 1. The maximum Gasteiger partial charge on any atom is 0.237 e. The average molecular weight is 454 g/mol. The lowest BCUT2D eigenvalue weighted by Crippen LogP contribution is -2.52. The van der Waals surface area contributed by atoms with Crippen LogP contribution >= 0.6 is 11.6 Å². The van der Waals surface area contributed by atoms with Crippen molar-refractivity contribution in [2.24, 2.45) is 5.92 Å². The van der Waals surface area contributed by atoms with Crippen LogP contribution in [-0.2, 0) is 15.0 Å². The number of hydrogen-bond donors (Lipinski definition) is 3. The quantitative estimate of drug-likeness (QED) is 0.656. The highest BCUT2D eigenvalue weighted by molar-refractivity contribution is 6.31. The van der Waals surface area contributed by atoms with E-state index in [0.29, 0.717) is 36.1 Å². The average Bonchev–Trinajstić information content (AvgIpc) is 3.06. The Labute approximate surface area is 193 Å². The van der Waals surface area contributed by atoms with E-state index in [1.54, 1.807) is 12.1 Å². The Bertz CT molecular complexity index is 1070. The van der Waals surface area contributed by atoms with E-state index in [0.717, 1.165) is 48.4 Å². The molecule has 5 rings (SSSR count). The minimum atomic E-state index is -0.894. The summed E-state index contributed by atoms with van der Waals surface area (Å²) in [5.41, 5.74) is 2.61. The third-order valence-corrected chi connectivity index (χ3v) is 7.30. The Kier molecular flexibility index (Phi) is 5.59. The highest BCUT2D eigenvalue weighted by atomic mass is 35.5. The number of anilines is 1. The van der Waals surface area contributed by atoms with E-state index < -0.39 is 11.5 Å². The molecule has 0 bridgehead atoms. The maximum absolute atomic E-state index is 13.5. The molecule has 168 valence electrons. The summed E-state index contributed by atoms with van der Waals surface area (Å²) in [4.78, 5) is 26.0. The van der Waals surface area contributed by atoms with E-state index >= 15 is 0 Å². The number of piperidine rings is 2. The van der Waals surface area contributed by atoms with Crippen molar-refractivity contribution in [2.75, 3.05) is 25.0 Å². The second kappa shape index (κ2) is 8.41. The van der Waals surface area contributed by atoms with E-state index in [9.17, 15) is 9.59 Å². The molecule has 7 heteroatoms. The summed E-state index contributed by atoms with van der Waals surface area (Å²) in [5.74, 6) is 1.07. The standard InChI is InChI=1S/C25H28ClN3O3/c1-15-2-5-21(32-14-16-7-10-27-11-8-16)18(12-15)23-25(9-6-22(30)29-23)19-4-3-17(26)13-20(19)28-24(25)31/h2-5,12-13,16,23,27H,6-11,14H2,1H3,(H,28,31)(H,29,30)/t23-,25-/m1/s1. The smallest absolute Gasteiger partial charge is 0.237 e. The topological polar surface area (TPSA) is 79.5 Å². The molecule has 3 heterocycles. The Balaban J connectivity index is 1.55. The number of fused-ring (bicyclic) bond motifs is 2. The van der Waals surface area contributed by atoms with Crippen LogP contribution in [0.5, 0.6) is 5.75 Å². The van der Waals surface area contributed by atoms with Gasteiger partial charge in [0, 0.05) is 22.7 Å². The van der Waals surface area contributed by atoms with Crippen LogP contribution in [-0.4, -0.2) is 31.5 Å². The van der Waals surface area contributed by atoms with Crippen molar-refractivity contribution in [2.45, 2.75) is 44.1 Å². The van der Waals surface area contributed by atoms with Gasteiger partial charge in [0.2, 0.25) is 11.8 Å². The summed E-state index contributed by atoms with van der Waals surface area (Å²) >= 11 is 6.19. The van der Waals surface area contributed by atoms with E-state index in [-0.39, 0.29) is 11.8 Å². The number of aryl methyl sites for hydroxylation is 1. The van der Waals surface area contributed by atoms with Gasteiger partial charge in [-0.05, 0) is 69.0 Å². The van der Waals surface area contributed by atoms with Crippen LogP contribution in [0.15, 0.2) is 36.4 Å². The van der Waals surface area contributed by atoms with Gasteiger partial charge in [0.25, 0.3) is 0 Å². The number of halogens is 1. The van der Waals surface area contributed by atoms with Gasteiger partial charge in [0.15, 0.2) is 0 Å². The second-order valence-electron chi connectivity index (χ2n) is 9.16. The molecule has 0 radical (unpaired) electrons. The van der Waals surface area contributed by atoms with Crippen LogP contribution < -0.4 is 20.7 Å². The molecule has 0 aliphatic carbocycles. The van der Waals surface area contributed by atoms with E-state index in [2.05, 4.69) is 16.0 Å². The molecule has 2 fully saturated rings. The Hall–Kier alpha value is -2.57. The van der Waals surface area contributed by atoms with Crippen LogP contribution in [0, 0.1) is 12.8 Å². The molecule has 0 unspecified atom stereocenters. The lowest BCUT2D eigenvalue weighted by atomic mass is 9.67. The highest BCUT2D eigenvalue weighted by Crippen LogP contribution is 2.52. The molecule has 2 aromatic carbocycles. The minimum Gasteiger partial charge on any atom is -0.493 e. The predicted octanol–water partition coefficient (Wildman–Crippen LogP) is 3.87. The molecule has 32 heavy (non-hydrogen) atoms. The van der Waals surface area contributed by atoms with Crippen LogP contribution in [0.1, 0.15) is 48.4 Å². The van der Waals surface area contributed by atoms with Crippen LogP contribution in [0.4, 0.5) is 5.69 Å². The minimum absolute atomic E-state index is 0.0540. The first-order valence-electron chi connectivity index (χ1n) is 11.3. The zero-order chi connectivity index (χ0) is 22.3. The molecule has 2 saturated heterocycles. The molecular weight excluding hydrogens is 426 g/mol. The first-order chi connectivity index (χ1) is 15.5. The molecule has 0 saturated carbocycles. The van der Waals surface area contributed by atoms with Gasteiger partial charge in [0.05, 0.1) is 12.6 Å². The van der Waals surface area contributed by atoms with Gasteiger partial charge < -0.3 is 20.7 Å². The summed E-state index contributed by atoms with van der Waals surface area (Å²) < 4.78 is 6.33. The SMILES string of the molecule is Cc1ccc(OCC2CCNCC2)c([C@H]2NC(=O)CC[C@]23C(=O)Nc2cc(Cl)ccc23)c1. The largest absolute Gasteiger partial charge is 0.493 e. The normalized spacial score (nSPS) is 25.4. The third-order valence-electron chi connectivity index (χ3n) is 7.07. The molecule has 3 N–H and O–H groups in total. The highest BCUT2D eigenvalue weighted by Gasteiger charge is 2.56. The van der Waals surface area contributed by atoms with E-state index in [4.69, 9.17) is 16.3 Å². The third kappa shape index (κ3) is 3.65. The van der Waals surface area contributed by atoms with Crippen molar-refractivity contribution in [3.63, 3.8) is 0 Å². The van der Waals surface area contributed by atoms with Gasteiger partial charge in [-0.1, -0.05) is 35.4 Å². The fourth-order valence-electron chi connectivity index (χ4n) is 5.34. The summed E-state index contributed by atoms with van der Waals surface area (Å²) in [5, 5.41) is 10.1. The van der Waals surface area contributed by atoms with Crippen molar-refractivity contribution in [1.82, 2.24) is 10.6 Å². The molecule has 1 spiro atoms. The number of benzene rings is 2. The van der Waals surface area contributed by atoms with Crippen LogP contribution in [0.2, 0.25) is 5.02 Å².